The molecule has 0 saturated carbocycles. The molecule has 0 aromatic heterocycles. The van der Waals surface area contributed by atoms with Crippen LogP contribution in [-0.4, -0.2) is 12.9 Å². The summed E-state index contributed by atoms with van der Waals surface area (Å²) in [7, 11) is 1.58. The minimum absolute atomic E-state index is 0.0370. The SMILES string of the molecule is COc1ccc(Cl)cc1CC(=O)c1cc(C)cc(Br)c1. The van der Waals surface area contributed by atoms with Gasteiger partial charge >= 0.3 is 0 Å². The topological polar surface area (TPSA) is 26.3 Å². The Hall–Kier alpha value is -1.32. The van der Waals surface area contributed by atoms with Crippen LogP contribution in [0.15, 0.2) is 40.9 Å². The number of carbonyl (C=O) groups is 1. The van der Waals surface area contributed by atoms with Crippen molar-refractivity contribution in [3.05, 3.63) is 62.6 Å². The van der Waals surface area contributed by atoms with Gasteiger partial charge in [-0.15, -0.1) is 0 Å². The van der Waals surface area contributed by atoms with Crippen molar-refractivity contribution in [3.63, 3.8) is 0 Å². The highest BCUT2D eigenvalue weighted by Gasteiger charge is 2.12. The average Bonchev–Trinajstić information content (AvgIpc) is 2.37. The zero-order chi connectivity index (χ0) is 14.7. The fourth-order valence-electron chi connectivity index (χ4n) is 2.06. The summed E-state index contributed by atoms with van der Waals surface area (Å²) in [5, 5.41) is 0.596. The van der Waals surface area contributed by atoms with Gasteiger partial charge in [0.1, 0.15) is 5.75 Å². The van der Waals surface area contributed by atoms with Crippen molar-refractivity contribution >= 4 is 33.3 Å². The second-order valence-electron chi connectivity index (χ2n) is 4.57. The molecule has 20 heavy (non-hydrogen) atoms. The van der Waals surface area contributed by atoms with Crippen LogP contribution < -0.4 is 4.74 Å². The van der Waals surface area contributed by atoms with E-state index in [2.05, 4.69) is 15.9 Å². The molecule has 104 valence electrons. The summed E-state index contributed by atoms with van der Waals surface area (Å²) < 4.78 is 6.17. The molecule has 0 aliphatic rings. The van der Waals surface area contributed by atoms with Crippen LogP contribution in [0.3, 0.4) is 0 Å². The first-order valence-corrected chi connectivity index (χ1v) is 7.29. The molecular weight excluding hydrogens is 340 g/mol. The molecule has 0 atom stereocenters. The van der Waals surface area contributed by atoms with Crippen molar-refractivity contribution in [1.29, 1.82) is 0 Å². The third-order valence-corrected chi connectivity index (χ3v) is 3.65. The minimum Gasteiger partial charge on any atom is -0.496 e. The number of methoxy groups -OCH3 is 1. The number of hydrogen-bond acceptors (Lipinski definition) is 2. The highest BCUT2D eigenvalue weighted by molar-refractivity contribution is 9.10. The standard InChI is InChI=1S/C16H14BrClO2/c1-10-5-11(7-13(17)6-10)15(19)9-12-8-14(18)3-4-16(12)20-2/h3-8H,9H2,1-2H3. The van der Waals surface area contributed by atoms with Crippen molar-refractivity contribution in [2.75, 3.05) is 7.11 Å². The predicted molar refractivity (Wildman–Crippen MR) is 84.9 cm³/mol. The van der Waals surface area contributed by atoms with Gasteiger partial charge in [0.15, 0.2) is 5.78 Å². The number of rotatable bonds is 4. The van der Waals surface area contributed by atoms with Gasteiger partial charge in [-0.05, 0) is 48.9 Å². The van der Waals surface area contributed by atoms with Gasteiger partial charge in [-0.3, -0.25) is 4.79 Å². The first kappa shape index (κ1) is 15.1. The van der Waals surface area contributed by atoms with E-state index in [1.807, 2.05) is 25.1 Å². The maximum atomic E-state index is 12.4. The molecule has 2 aromatic rings. The van der Waals surface area contributed by atoms with E-state index in [9.17, 15) is 4.79 Å². The second-order valence-corrected chi connectivity index (χ2v) is 5.93. The highest BCUT2D eigenvalue weighted by atomic mass is 79.9. The third-order valence-electron chi connectivity index (χ3n) is 2.96. The van der Waals surface area contributed by atoms with Gasteiger partial charge in [-0.1, -0.05) is 27.5 Å². The van der Waals surface area contributed by atoms with E-state index in [0.717, 1.165) is 15.6 Å². The lowest BCUT2D eigenvalue weighted by atomic mass is 10.0. The van der Waals surface area contributed by atoms with Crippen LogP contribution >= 0.6 is 27.5 Å². The molecule has 0 aliphatic heterocycles. The maximum Gasteiger partial charge on any atom is 0.167 e. The maximum absolute atomic E-state index is 12.4. The van der Waals surface area contributed by atoms with Gasteiger partial charge in [-0.25, -0.2) is 0 Å². The van der Waals surface area contributed by atoms with Crippen LogP contribution in [0.25, 0.3) is 0 Å². The summed E-state index contributed by atoms with van der Waals surface area (Å²) in [6.45, 7) is 1.96. The molecule has 0 radical (unpaired) electrons. The number of halogens is 2. The molecule has 4 heteroatoms. The smallest absolute Gasteiger partial charge is 0.167 e. The van der Waals surface area contributed by atoms with E-state index in [1.165, 1.54) is 0 Å². The molecule has 0 amide bonds. The number of ether oxygens (including phenoxy) is 1. The Morgan fingerprint density at radius 2 is 2.00 bits per heavy atom. The number of aryl methyl sites for hydroxylation is 1. The largest absolute Gasteiger partial charge is 0.496 e. The number of Topliss-reactive ketones (excluding diaryl/α,β-unsaturated/α-hetero) is 1. The van der Waals surface area contributed by atoms with E-state index in [1.54, 1.807) is 25.3 Å². The lowest BCUT2D eigenvalue weighted by molar-refractivity contribution is 0.0992. The van der Waals surface area contributed by atoms with Crippen molar-refractivity contribution in [3.8, 4) is 5.75 Å². The Bertz CT molecular complexity index is 633. The van der Waals surface area contributed by atoms with Crippen LogP contribution in [0.4, 0.5) is 0 Å². The summed E-state index contributed by atoms with van der Waals surface area (Å²) in [6.07, 6.45) is 0.264. The fourth-order valence-corrected chi connectivity index (χ4v) is 2.86. The lowest BCUT2D eigenvalue weighted by Gasteiger charge is -2.09. The van der Waals surface area contributed by atoms with Crippen molar-refractivity contribution < 1.29 is 9.53 Å². The molecule has 0 unspecified atom stereocenters. The summed E-state index contributed by atoms with van der Waals surface area (Å²) in [4.78, 5) is 12.4. The first-order valence-electron chi connectivity index (χ1n) is 6.12. The van der Waals surface area contributed by atoms with E-state index in [0.29, 0.717) is 16.3 Å². The zero-order valence-corrected chi connectivity index (χ0v) is 13.6. The van der Waals surface area contributed by atoms with Gasteiger partial charge in [0.05, 0.1) is 7.11 Å². The van der Waals surface area contributed by atoms with Crippen molar-refractivity contribution in [2.24, 2.45) is 0 Å². The molecule has 0 N–H and O–H groups in total. The fraction of sp³-hybridized carbons (Fsp3) is 0.188. The van der Waals surface area contributed by atoms with Crippen LogP contribution in [0.5, 0.6) is 5.75 Å². The van der Waals surface area contributed by atoms with Gasteiger partial charge in [0.25, 0.3) is 0 Å². The Morgan fingerprint density at radius 1 is 1.25 bits per heavy atom. The quantitative estimate of drug-likeness (QED) is 0.735. The van der Waals surface area contributed by atoms with Crippen molar-refractivity contribution in [2.45, 2.75) is 13.3 Å². The van der Waals surface area contributed by atoms with E-state index in [-0.39, 0.29) is 12.2 Å². The molecule has 0 saturated heterocycles. The van der Waals surface area contributed by atoms with Crippen LogP contribution in [0, 0.1) is 6.92 Å². The first-order chi connectivity index (χ1) is 9.49. The summed E-state index contributed by atoms with van der Waals surface area (Å²) >= 11 is 9.39. The molecule has 2 aromatic carbocycles. The van der Waals surface area contributed by atoms with E-state index >= 15 is 0 Å². The average molecular weight is 354 g/mol. The monoisotopic (exact) mass is 352 g/mol. The van der Waals surface area contributed by atoms with Gasteiger partial charge in [0, 0.05) is 27.0 Å². The number of ketones is 1. The Kier molecular flexibility index (Phi) is 4.84. The number of carbonyl (C=O) groups excluding carboxylic acids is 1. The molecule has 0 fully saturated rings. The third kappa shape index (κ3) is 3.62. The van der Waals surface area contributed by atoms with Crippen molar-refractivity contribution in [1.82, 2.24) is 0 Å². The van der Waals surface area contributed by atoms with E-state index < -0.39 is 0 Å². The summed E-state index contributed by atoms with van der Waals surface area (Å²) in [5.74, 6) is 0.712. The minimum atomic E-state index is 0.0370. The van der Waals surface area contributed by atoms with Gasteiger partial charge < -0.3 is 4.74 Å². The molecule has 0 bridgehead atoms. The predicted octanol–water partition coefficient (Wildman–Crippen LogP) is 4.84. The van der Waals surface area contributed by atoms with E-state index in [4.69, 9.17) is 16.3 Å². The molecular formula is C16H14BrClO2. The Morgan fingerprint density at radius 3 is 2.65 bits per heavy atom. The van der Waals surface area contributed by atoms with Gasteiger partial charge in [-0.2, -0.15) is 0 Å². The van der Waals surface area contributed by atoms with Gasteiger partial charge in [0.2, 0.25) is 0 Å². The normalized spacial score (nSPS) is 10.4. The second kappa shape index (κ2) is 6.42. The number of benzene rings is 2. The lowest BCUT2D eigenvalue weighted by Crippen LogP contribution is -2.05. The van der Waals surface area contributed by atoms with Crippen LogP contribution in [0.2, 0.25) is 5.02 Å². The molecule has 0 aliphatic carbocycles. The summed E-state index contributed by atoms with van der Waals surface area (Å²) in [5.41, 5.74) is 2.52. The zero-order valence-electron chi connectivity index (χ0n) is 11.2. The molecule has 2 rings (SSSR count). The number of hydrogen-bond donors (Lipinski definition) is 0. The molecule has 0 spiro atoms. The highest BCUT2D eigenvalue weighted by Crippen LogP contribution is 2.25. The Balaban J connectivity index is 2.29. The van der Waals surface area contributed by atoms with Crippen LogP contribution in [-0.2, 0) is 6.42 Å². The summed E-state index contributed by atoms with van der Waals surface area (Å²) in [6, 6.07) is 11.0. The molecule has 2 nitrogen and oxygen atoms in total. The Labute approximate surface area is 131 Å². The molecule has 0 heterocycles. The van der Waals surface area contributed by atoms with Crippen LogP contribution in [0.1, 0.15) is 21.5 Å².